The maximum atomic E-state index is 12.6. The first-order valence-corrected chi connectivity index (χ1v) is 7.55. The molecule has 0 radical (unpaired) electrons. The fraction of sp³-hybridized carbons (Fsp3) is 0.333. The van der Waals surface area contributed by atoms with Crippen LogP contribution < -0.4 is 0 Å². The molecule has 5 heteroatoms. The summed E-state index contributed by atoms with van der Waals surface area (Å²) >= 11 is 0. The molecule has 23 heavy (non-hydrogen) atoms. The second kappa shape index (κ2) is 6.69. The van der Waals surface area contributed by atoms with Crippen molar-refractivity contribution in [2.45, 2.75) is 20.8 Å². The van der Waals surface area contributed by atoms with Gasteiger partial charge < -0.3 is 14.6 Å². The molecule has 1 unspecified atom stereocenters. The molecule has 2 rings (SSSR count). The first-order valence-electron chi connectivity index (χ1n) is 7.55. The van der Waals surface area contributed by atoms with E-state index in [0.29, 0.717) is 5.56 Å². The van der Waals surface area contributed by atoms with Crippen molar-refractivity contribution in [3.63, 3.8) is 0 Å². The molecule has 0 saturated heterocycles. The molecular formula is C18H22N2O3. The Morgan fingerprint density at radius 2 is 1.83 bits per heavy atom. The molecular weight excluding hydrogens is 292 g/mol. The summed E-state index contributed by atoms with van der Waals surface area (Å²) < 4.78 is 2.03. The highest BCUT2D eigenvalue weighted by Gasteiger charge is 2.22. The van der Waals surface area contributed by atoms with Crippen LogP contribution in [0, 0.1) is 19.8 Å². The number of hydrogen-bond acceptors (Lipinski definition) is 2. The number of carboxylic acid groups (broad SMARTS) is 1. The highest BCUT2D eigenvalue weighted by molar-refractivity contribution is 5.96. The molecule has 0 aliphatic rings. The number of carbonyl (C=O) groups is 2. The first kappa shape index (κ1) is 16.8. The van der Waals surface area contributed by atoms with E-state index >= 15 is 0 Å². The van der Waals surface area contributed by atoms with Crippen LogP contribution in [0.3, 0.4) is 0 Å². The van der Waals surface area contributed by atoms with Crippen molar-refractivity contribution in [3.8, 4) is 5.69 Å². The smallest absolute Gasteiger partial charge is 0.308 e. The van der Waals surface area contributed by atoms with Crippen LogP contribution in [-0.4, -0.2) is 40.0 Å². The SMILES string of the molecule is Cc1cc(C(=O)N(C)CC(C)C(=O)O)c(C)n1-c1ccccc1. The van der Waals surface area contributed by atoms with E-state index in [0.717, 1.165) is 17.1 Å². The van der Waals surface area contributed by atoms with Gasteiger partial charge >= 0.3 is 5.97 Å². The lowest BCUT2D eigenvalue weighted by atomic mass is 10.1. The standard InChI is InChI=1S/C18H22N2O3/c1-12(18(22)23)11-19(4)17(21)16-10-13(2)20(14(16)3)15-8-6-5-7-9-15/h5-10,12H,11H2,1-4H3,(H,22,23). The van der Waals surface area contributed by atoms with Crippen LogP contribution in [0.15, 0.2) is 36.4 Å². The number of amides is 1. The van der Waals surface area contributed by atoms with Crippen molar-refractivity contribution in [1.29, 1.82) is 0 Å². The van der Waals surface area contributed by atoms with Crippen molar-refractivity contribution < 1.29 is 14.7 Å². The lowest BCUT2D eigenvalue weighted by molar-refractivity contribution is -0.141. The lowest BCUT2D eigenvalue weighted by Crippen LogP contribution is -2.33. The second-order valence-electron chi connectivity index (χ2n) is 5.88. The Labute approximate surface area is 136 Å². The van der Waals surface area contributed by atoms with E-state index in [9.17, 15) is 9.59 Å². The summed E-state index contributed by atoms with van der Waals surface area (Å²) in [5.74, 6) is -1.66. The van der Waals surface area contributed by atoms with Gasteiger partial charge in [-0.15, -0.1) is 0 Å². The minimum Gasteiger partial charge on any atom is -0.481 e. The van der Waals surface area contributed by atoms with Crippen molar-refractivity contribution in [3.05, 3.63) is 53.3 Å². The van der Waals surface area contributed by atoms with Crippen LogP contribution in [0.2, 0.25) is 0 Å². The van der Waals surface area contributed by atoms with Crippen LogP contribution >= 0.6 is 0 Å². The third-order valence-electron chi connectivity index (χ3n) is 3.99. The average molecular weight is 314 g/mol. The molecule has 0 spiro atoms. The Morgan fingerprint density at radius 1 is 1.22 bits per heavy atom. The Bertz CT molecular complexity index is 719. The maximum absolute atomic E-state index is 12.6. The monoisotopic (exact) mass is 314 g/mol. The van der Waals surface area contributed by atoms with Crippen molar-refractivity contribution in [1.82, 2.24) is 9.47 Å². The zero-order valence-electron chi connectivity index (χ0n) is 13.9. The summed E-state index contributed by atoms with van der Waals surface area (Å²) in [6.45, 7) is 5.64. The number of para-hydroxylation sites is 1. The number of carbonyl (C=O) groups excluding carboxylic acids is 1. The fourth-order valence-corrected chi connectivity index (χ4v) is 2.73. The summed E-state index contributed by atoms with van der Waals surface area (Å²) in [6.07, 6.45) is 0. The van der Waals surface area contributed by atoms with Crippen LogP contribution in [-0.2, 0) is 4.79 Å². The molecule has 0 aliphatic carbocycles. The van der Waals surface area contributed by atoms with Crippen LogP contribution in [0.25, 0.3) is 5.69 Å². The maximum Gasteiger partial charge on any atom is 0.308 e. The quantitative estimate of drug-likeness (QED) is 0.923. The molecule has 122 valence electrons. The molecule has 2 aromatic rings. The predicted molar refractivity (Wildman–Crippen MR) is 89.0 cm³/mol. The Hall–Kier alpha value is -2.56. The zero-order chi connectivity index (χ0) is 17.1. The summed E-state index contributed by atoms with van der Waals surface area (Å²) in [7, 11) is 1.64. The number of carboxylic acids is 1. The van der Waals surface area contributed by atoms with Crippen molar-refractivity contribution in [2.75, 3.05) is 13.6 Å². The summed E-state index contributed by atoms with van der Waals surface area (Å²) in [5.41, 5.74) is 3.43. The zero-order valence-corrected chi connectivity index (χ0v) is 13.9. The lowest BCUT2D eigenvalue weighted by Gasteiger charge is -2.19. The van der Waals surface area contributed by atoms with E-state index in [1.807, 2.05) is 54.8 Å². The van der Waals surface area contributed by atoms with Gasteiger partial charge in [0, 0.05) is 30.7 Å². The van der Waals surface area contributed by atoms with Crippen molar-refractivity contribution in [2.24, 2.45) is 5.92 Å². The summed E-state index contributed by atoms with van der Waals surface area (Å²) in [5, 5.41) is 8.99. The Kier molecular flexibility index (Phi) is 4.89. The number of rotatable bonds is 5. The molecule has 1 aromatic carbocycles. The summed E-state index contributed by atoms with van der Waals surface area (Å²) in [4.78, 5) is 25.1. The molecule has 0 bridgehead atoms. The number of aliphatic carboxylic acids is 1. The van der Waals surface area contributed by atoms with Gasteiger partial charge in [-0.2, -0.15) is 0 Å². The number of benzene rings is 1. The average Bonchev–Trinajstić information content (AvgIpc) is 2.81. The minimum atomic E-state index is -0.903. The number of aromatic nitrogens is 1. The molecule has 1 N–H and O–H groups in total. The van der Waals surface area contributed by atoms with Gasteiger partial charge in [0.15, 0.2) is 0 Å². The van der Waals surface area contributed by atoms with Gasteiger partial charge in [0.25, 0.3) is 5.91 Å². The number of hydrogen-bond donors (Lipinski definition) is 1. The molecule has 0 aliphatic heterocycles. The van der Waals surface area contributed by atoms with Crippen LogP contribution in [0.5, 0.6) is 0 Å². The van der Waals surface area contributed by atoms with E-state index in [4.69, 9.17) is 5.11 Å². The summed E-state index contributed by atoms with van der Waals surface area (Å²) in [6, 6.07) is 11.7. The molecule has 0 saturated carbocycles. The van der Waals surface area contributed by atoms with Gasteiger partial charge in [-0.25, -0.2) is 0 Å². The predicted octanol–water partition coefficient (Wildman–Crippen LogP) is 2.89. The van der Waals surface area contributed by atoms with E-state index in [-0.39, 0.29) is 12.5 Å². The van der Waals surface area contributed by atoms with Crippen LogP contribution in [0.1, 0.15) is 28.7 Å². The third-order valence-corrected chi connectivity index (χ3v) is 3.99. The molecule has 1 amide bonds. The first-order chi connectivity index (χ1) is 10.8. The number of aryl methyl sites for hydroxylation is 1. The highest BCUT2D eigenvalue weighted by atomic mass is 16.4. The van der Waals surface area contributed by atoms with Gasteiger partial charge in [0.1, 0.15) is 0 Å². The third kappa shape index (κ3) is 3.44. The minimum absolute atomic E-state index is 0.159. The molecule has 1 heterocycles. The molecule has 5 nitrogen and oxygen atoms in total. The Morgan fingerprint density at radius 3 is 2.39 bits per heavy atom. The molecule has 1 aromatic heterocycles. The molecule has 1 atom stereocenters. The highest BCUT2D eigenvalue weighted by Crippen LogP contribution is 2.22. The number of nitrogens with zero attached hydrogens (tertiary/aromatic N) is 2. The van der Waals surface area contributed by atoms with Gasteiger partial charge in [-0.1, -0.05) is 25.1 Å². The topological polar surface area (TPSA) is 62.5 Å². The fourth-order valence-electron chi connectivity index (χ4n) is 2.73. The van der Waals surface area contributed by atoms with E-state index < -0.39 is 11.9 Å². The normalized spacial score (nSPS) is 12.0. The molecule has 0 fully saturated rings. The largest absolute Gasteiger partial charge is 0.481 e. The van der Waals surface area contributed by atoms with Gasteiger partial charge in [-0.05, 0) is 32.0 Å². The van der Waals surface area contributed by atoms with Gasteiger partial charge in [-0.3, -0.25) is 9.59 Å². The van der Waals surface area contributed by atoms with Gasteiger partial charge in [0.2, 0.25) is 0 Å². The van der Waals surface area contributed by atoms with Crippen molar-refractivity contribution >= 4 is 11.9 Å². The second-order valence-corrected chi connectivity index (χ2v) is 5.88. The van der Waals surface area contributed by atoms with E-state index in [2.05, 4.69) is 0 Å². The van der Waals surface area contributed by atoms with E-state index in [1.165, 1.54) is 4.90 Å². The Balaban J connectivity index is 2.31. The van der Waals surface area contributed by atoms with Gasteiger partial charge in [0.05, 0.1) is 11.5 Å². The van der Waals surface area contributed by atoms with E-state index in [1.54, 1.807) is 14.0 Å². The van der Waals surface area contributed by atoms with Crippen LogP contribution in [0.4, 0.5) is 0 Å².